The number of aliphatic hydroxyl groups is 5. The molecule has 1 saturated heterocycles. The van der Waals surface area contributed by atoms with Gasteiger partial charge in [0.15, 0.2) is 6.29 Å². The molecule has 478 valence electrons. The Hall–Kier alpha value is -2.64. The Bertz CT molecular complexity index is 1550. The van der Waals surface area contributed by atoms with Crippen LogP contribution in [0.25, 0.3) is 0 Å². The van der Waals surface area contributed by atoms with Crippen molar-refractivity contribution in [3.63, 3.8) is 0 Å². The largest absolute Gasteiger partial charge is 0.466 e. The van der Waals surface area contributed by atoms with E-state index in [1.807, 2.05) is 6.08 Å². The second-order valence-corrected chi connectivity index (χ2v) is 23.9. The van der Waals surface area contributed by atoms with Gasteiger partial charge in [-0.25, -0.2) is 0 Å². The first kappa shape index (κ1) is 77.4. The van der Waals surface area contributed by atoms with E-state index in [2.05, 4.69) is 67.8 Å². The summed E-state index contributed by atoms with van der Waals surface area (Å²) in [6.07, 6.45) is 69.1. The second kappa shape index (κ2) is 60.1. The lowest BCUT2D eigenvalue weighted by atomic mass is 9.99. The number of nitrogens with one attached hydrogen (secondary N) is 1. The lowest BCUT2D eigenvalue weighted by molar-refractivity contribution is -0.302. The van der Waals surface area contributed by atoms with Gasteiger partial charge < -0.3 is 45.1 Å². The summed E-state index contributed by atoms with van der Waals surface area (Å²) in [5.74, 6) is -0.195. The van der Waals surface area contributed by atoms with Gasteiger partial charge in [-0.2, -0.15) is 0 Å². The van der Waals surface area contributed by atoms with E-state index in [1.54, 1.807) is 6.08 Å². The Balaban J connectivity index is 2.03. The van der Waals surface area contributed by atoms with Gasteiger partial charge in [0, 0.05) is 12.8 Å². The SMILES string of the molecule is CCCCCC/C=C/CC/C=C/CC/C=C/C(O)C(COC1OC(CO)C(O)C(O)C1O)NC(=O)CCCCCCCCCCCCCCC/C=C\C/C=C\CCCCCCCCCCCOC(=O)CCCCCCCCCCCCC. The molecule has 1 aliphatic rings. The van der Waals surface area contributed by atoms with E-state index in [0.717, 1.165) is 77.0 Å². The smallest absolute Gasteiger partial charge is 0.305 e. The third-order valence-electron chi connectivity index (χ3n) is 16.1. The highest BCUT2D eigenvalue weighted by Gasteiger charge is 2.44. The van der Waals surface area contributed by atoms with Crippen LogP contribution in [0.5, 0.6) is 0 Å². The van der Waals surface area contributed by atoms with Gasteiger partial charge >= 0.3 is 5.97 Å². The number of carbonyl (C=O) groups is 2. The van der Waals surface area contributed by atoms with Crippen molar-refractivity contribution < 1.29 is 49.3 Å². The lowest BCUT2D eigenvalue weighted by Gasteiger charge is -2.40. The standard InChI is InChI=1S/C71H129NO10/c1-3-5-7-9-11-13-15-16-34-38-41-45-49-53-57-64(74)63(62-81-71-70(79)69(78)68(77)65(61-73)82-71)72-66(75)58-54-50-46-42-39-35-32-30-28-26-24-22-20-18-17-19-21-23-25-27-29-31-33-36-40-44-48-52-56-60-80-67(76)59-55-51-47-43-37-14-12-10-8-6-4-2/h13,15,17,19,23,25,38,41,53,57,63-65,68-71,73-74,77-79H,3-12,14,16,18,20-22,24,26-37,39-40,42-52,54-56,58-62H2,1-2H3,(H,72,75)/b15-13+,19-17-,25-23-,41-38+,57-53+. The van der Waals surface area contributed by atoms with Crippen LogP contribution in [0, 0.1) is 0 Å². The predicted octanol–water partition coefficient (Wildman–Crippen LogP) is 17.3. The van der Waals surface area contributed by atoms with Crippen molar-refractivity contribution >= 4 is 11.9 Å². The van der Waals surface area contributed by atoms with Crippen LogP contribution in [0.3, 0.4) is 0 Å². The summed E-state index contributed by atoms with van der Waals surface area (Å²) in [4.78, 5) is 25.1. The van der Waals surface area contributed by atoms with Gasteiger partial charge in [0.1, 0.15) is 24.4 Å². The highest BCUT2D eigenvalue weighted by Crippen LogP contribution is 2.23. The topological polar surface area (TPSA) is 175 Å². The molecule has 0 aromatic heterocycles. The van der Waals surface area contributed by atoms with Crippen LogP contribution in [0.1, 0.15) is 316 Å². The van der Waals surface area contributed by atoms with E-state index >= 15 is 0 Å². The number of unbranched alkanes of at least 4 members (excludes halogenated alkanes) is 38. The van der Waals surface area contributed by atoms with E-state index in [1.165, 1.54) is 212 Å². The van der Waals surface area contributed by atoms with E-state index in [9.17, 15) is 35.1 Å². The van der Waals surface area contributed by atoms with Crippen LogP contribution < -0.4 is 5.32 Å². The number of esters is 1. The first-order valence-corrected chi connectivity index (χ1v) is 34.6. The summed E-state index contributed by atoms with van der Waals surface area (Å²) < 4.78 is 16.7. The minimum atomic E-state index is -1.58. The van der Waals surface area contributed by atoms with Crippen LogP contribution in [0.4, 0.5) is 0 Å². The van der Waals surface area contributed by atoms with Crippen molar-refractivity contribution in [3.8, 4) is 0 Å². The van der Waals surface area contributed by atoms with Crippen molar-refractivity contribution in [3.05, 3.63) is 60.8 Å². The van der Waals surface area contributed by atoms with Crippen molar-refractivity contribution in [1.82, 2.24) is 5.32 Å². The van der Waals surface area contributed by atoms with Gasteiger partial charge in [-0.15, -0.1) is 0 Å². The molecule has 6 N–H and O–H groups in total. The summed E-state index contributed by atoms with van der Waals surface area (Å²) in [6, 6.07) is -0.837. The fourth-order valence-electron chi connectivity index (χ4n) is 10.6. The Morgan fingerprint density at radius 3 is 1.29 bits per heavy atom. The normalized spacial score (nSPS) is 18.5. The zero-order valence-electron chi connectivity index (χ0n) is 52.9. The van der Waals surface area contributed by atoms with Crippen LogP contribution in [-0.4, -0.2) is 100 Å². The summed E-state index contributed by atoms with van der Waals surface area (Å²) in [5, 5.41) is 54.5. The highest BCUT2D eigenvalue weighted by molar-refractivity contribution is 5.76. The fraction of sp³-hybridized carbons (Fsp3) is 0.831. The molecule has 11 nitrogen and oxygen atoms in total. The minimum absolute atomic E-state index is 0.00227. The summed E-state index contributed by atoms with van der Waals surface area (Å²) >= 11 is 0. The quantitative estimate of drug-likeness (QED) is 0.0195. The monoisotopic (exact) mass is 1160 g/mol. The number of amides is 1. The zero-order chi connectivity index (χ0) is 59.5. The third kappa shape index (κ3) is 48.6. The minimum Gasteiger partial charge on any atom is -0.466 e. The molecule has 1 aliphatic heterocycles. The number of aliphatic hydroxyl groups excluding tert-OH is 5. The third-order valence-corrected chi connectivity index (χ3v) is 16.1. The lowest BCUT2D eigenvalue weighted by Crippen LogP contribution is -2.60. The van der Waals surface area contributed by atoms with Crippen molar-refractivity contribution in [1.29, 1.82) is 0 Å². The Kier molecular flexibility index (Phi) is 56.7. The molecule has 1 heterocycles. The molecule has 0 spiro atoms. The van der Waals surface area contributed by atoms with Crippen LogP contribution in [0.2, 0.25) is 0 Å². The molecular weight excluding hydrogens is 1030 g/mol. The van der Waals surface area contributed by atoms with Crippen LogP contribution in [-0.2, 0) is 23.8 Å². The Morgan fingerprint density at radius 1 is 0.451 bits per heavy atom. The molecule has 0 saturated carbocycles. The molecule has 82 heavy (non-hydrogen) atoms. The molecule has 11 heteroatoms. The van der Waals surface area contributed by atoms with Crippen LogP contribution in [0.15, 0.2) is 60.8 Å². The van der Waals surface area contributed by atoms with E-state index in [-0.39, 0.29) is 18.5 Å². The van der Waals surface area contributed by atoms with Gasteiger partial charge in [0.2, 0.25) is 5.91 Å². The van der Waals surface area contributed by atoms with Crippen molar-refractivity contribution in [2.75, 3.05) is 19.8 Å². The fourth-order valence-corrected chi connectivity index (χ4v) is 10.6. The van der Waals surface area contributed by atoms with Crippen molar-refractivity contribution in [2.24, 2.45) is 0 Å². The molecule has 0 radical (unpaired) electrons. The summed E-state index contributed by atoms with van der Waals surface area (Å²) in [5.41, 5.74) is 0. The molecule has 7 unspecified atom stereocenters. The number of carbonyl (C=O) groups excluding carboxylic acids is 2. The van der Waals surface area contributed by atoms with Gasteiger partial charge in [-0.1, -0.05) is 274 Å². The predicted molar refractivity (Wildman–Crippen MR) is 343 cm³/mol. The van der Waals surface area contributed by atoms with Gasteiger partial charge in [0.05, 0.1) is 32.0 Å². The Morgan fingerprint density at radius 2 is 0.829 bits per heavy atom. The second-order valence-electron chi connectivity index (χ2n) is 23.9. The maximum absolute atomic E-state index is 13.1. The molecule has 1 amide bonds. The van der Waals surface area contributed by atoms with E-state index in [4.69, 9.17) is 14.2 Å². The van der Waals surface area contributed by atoms with Crippen molar-refractivity contribution in [2.45, 2.75) is 358 Å². The van der Waals surface area contributed by atoms with Gasteiger partial charge in [-0.3, -0.25) is 9.59 Å². The van der Waals surface area contributed by atoms with Gasteiger partial charge in [0.25, 0.3) is 0 Å². The molecule has 0 aliphatic carbocycles. The number of rotatable bonds is 60. The first-order chi connectivity index (χ1) is 40.2. The molecule has 1 fully saturated rings. The van der Waals surface area contributed by atoms with E-state index in [0.29, 0.717) is 19.4 Å². The summed E-state index contributed by atoms with van der Waals surface area (Å²) in [6.45, 7) is 4.31. The molecule has 0 aromatic rings. The molecule has 1 rings (SSSR count). The summed E-state index contributed by atoms with van der Waals surface area (Å²) in [7, 11) is 0. The number of ether oxygens (including phenoxy) is 3. The first-order valence-electron chi connectivity index (χ1n) is 34.6. The van der Waals surface area contributed by atoms with Crippen LogP contribution >= 0.6 is 0 Å². The molecule has 0 bridgehead atoms. The number of hydrogen-bond acceptors (Lipinski definition) is 10. The average molecular weight is 1160 g/mol. The number of hydrogen-bond donors (Lipinski definition) is 6. The average Bonchev–Trinajstić information content (AvgIpc) is 3.68. The highest BCUT2D eigenvalue weighted by atomic mass is 16.7. The maximum atomic E-state index is 13.1. The number of allylic oxidation sites excluding steroid dienone is 9. The molecular formula is C71H129NO10. The van der Waals surface area contributed by atoms with E-state index < -0.39 is 49.5 Å². The van der Waals surface area contributed by atoms with Gasteiger partial charge in [-0.05, 0) is 89.9 Å². The molecule has 0 aromatic carbocycles. The Labute approximate surface area is 503 Å². The zero-order valence-corrected chi connectivity index (χ0v) is 52.9. The molecule has 7 atom stereocenters. The maximum Gasteiger partial charge on any atom is 0.305 e.